The molecule has 0 saturated heterocycles. The Hall–Kier alpha value is -0.660. The predicted molar refractivity (Wildman–Crippen MR) is 34.4 cm³/mol. The SMILES string of the molecule is CCO/C(C)=C\NC. The number of allylic oxidation sites excluding steroid dienone is 1. The summed E-state index contributed by atoms with van der Waals surface area (Å²) in [7, 11) is 1.85. The lowest BCUT2D eigenvalue weighted by Crippen LogP contribution is -1.96. The molecule has 0 aromatic heterocycles. The zero-order valence-electron chi connectivity index (χ0n) is 5.69. The monoisotopic (exact) mass is 115 g/mol. The van der Waals surface area contributed by atoms with Crippen molar-refractivity contribution in [3.05, 3.63) is 12.0 Å². The molecule has 2 heteroatoms. The fourth-order valence-electron chi connectivity index (χ4n) is 0.473. The van der Waals surface area contributed by atoms with Gasteiger partial charge in [-0.2, -0.15) is 0 Å². The molecule has 0 spiro atoms. The first-order valence-corrected chi connectivity index (χ1v) is 2.78. The molecule has 0 unspecified atom stereocenters. The van der Waals surface area contributed by atoms with E-state index < -0.39 is 0 Å². The second-order valence-electron chi connectivity index (χ2n) is 1.48. The standard InChI is InChI=1S/C6H13NO/c1-4-8-6(2)5-7-3/h5,7H,4H2,1-3H3/b6-5-. The van der Waals surface area contributed by atoms with E-state index in [1.165, 1.54) is 0 Å². The summed E-state index contributed by atoms with van der Waals surface area (Å²) in [6.45, 7) is 4.62. The average Bonchev–Trinajstić information content (AvgIpc) is 1.68. The fraction of sp³-hybridized carbons (Fsp3) is 0.667. The molecule has 0 aliphatic carbocycles. The molecule has 8 heavy (non-hydrogen) atoms. The second kappa shape index (κ2) is 4.50. The van der Waals surface area contributed by atoms with Gasteiger partial charge in [0.25, 0.3) is 0 Å². The van der Waals surface area contributed by atoms with Gasteiger partial charge in [0.2, 0.25) is 0 Å². The molecular weight excluding hydrogens is 102 g/mol. The van der Waals surface area contributed by atoms with Crippen molar-refractivity contribution in [2.45, 2.75) is 13.8 Å². The Kier molecular flexibility index (Phi) is 4.13. The molecule has 0 aliphatic heterocycles. The van der Waals surface area contributed by atoms with Crippen LogP contribution < -0.4 is 5.32 Å². The Bertz CT molecular complexity index is 78.6. The molecule has 0 aliphatic rings. The number of ether oxygens (including phenoxy) is 1. The molecule has 0 aromatic carbocycles. The van der Waals surface area contributed by atoms with E-state index in [9.17, 15) is 0 Å². The van der Waals surface area contributed by atoms with Gasteiger partial charge in [-0.1, -0.05) is 0 Å². The van der Waals surface area contributed by atoms with Crippen LogP contribution in [0.1, 0.15) is 13.8 Å². The topological polar surface area (TPSA) is 21.3 Å². The molecule has 1 N–H and O–H groups in total. The van der Waals surface area contributed by atoms with Crippen molar-refractivity contribution in [3.8, 4) is 0 Å². The second-order valence-corrected chi connectivity index (χ2v) is 1.48. The first kappa shape index (κ1) is 7.34. The van der Waals surface area contributed by atoms with Crippen molar-refractivity contribution in [3.63, 3.8) is 0 Å². The molecule has 0 rings (SSSR count). The maximum atomic E-state index is 5.08. The lowest BCUT2D eigenvalue weighted by molar-refractivity contribution is 0.229. The normalized spacial score (nSPS) is 11.1. The maximum absolute atomic E-state index is 5.08. The van der Waals surface area contributed by atoms with Crippen LogP contribution in [-0.2, 0) is 4.74 Å². The zero-order valence-corrected chi connectivity index (χ0v) is 5.69. The minimum atomic E-state index is 0.740. The van der Waals surface area contributed by atoms with E-state index in [1.54, 1.807) is 0 Å². The molecule has 0 bridgehead atoms. The van der Waals surface area contributed by atoms with Crippen LogP contribution >= 0.6 is 0 Å². The van der Waals surface area contributed by atoms with E-state index >= 15 is 0 Å². The summed E-state index contributed by atoms with van der Waals surface area (Å²) in [5.41, 5.74) is 0. The van der Waals surface area contributed by atoms with Crippen molar-refractivity contribution in [1.29, 1.82) is 0 Å². The average molecular weight is 115 g/mol. The Labute approximate surface area is 50.5 Å². The number of hydrogen-bond donors (Lipinski definition) is 1. The van der Waals surface area contributed by atoms with Crippen LogP contribution in [-0.4, -0.2) is 13.7 Å². The molecule has 0 heterocycles. The maximum Gasteiger partial charge on any atom is 0.108 e. The highest BCUT2D eigenvalue weighted by Gasteiger charge is 1.80. The third kappa shape index (κ3) is 3.53. The summed E-state index contributed by atoms with van der Waals surface area (Å²) in [6.07, 6.45) is 1.82. The molecule has 0 fully saturated rings. The summed E-state index contributed by atoms with van der Waals surface area (Å²) in [4.78, 5) is 0. The van der Waals surface area contributed by atoms with Crippen LogP contribution in [0.4, 0.5) is 0 Å². The third-order valence-electron chi connectivity index (χ3n) is 0.720. The predicted octanol–water partition coefficient (Wildman–Crippen LogP) is 1.10. The van der Waals surface area contributed by atoms with Gasteiger partial charge >= 0.3 is 0 Å². The highest BCUT2D eigenvalue weighted by atomic mass is 16.5. The fourth-order valence-corrected chi connectivity index (χ4v) is 0.473. The Morgan fingerprint density at radius 2 is 2.38 bits per heavy atom. The van der Waals surface area contributed by atoms with Crippen LogP contribution in [0.3, 0.4) is 0 Å². The van der Waals surface area contributed by atoms with Crippen LogP contribution in [0.15, 0.2) is 12.0 Å². The van der Waals surface area contributed by atoms with Gasteiger partial charge < -0.3 is 10.1 Å². The first-order valence-electron chi connectivity index (χ1n) is 2.78. The highest BCUT2D eigenvalue weighted by molar-refractivity contribution is 4.84. The number of nitrogens with one attached hydrogen (secondary N) is 1. The van der Waals surface area contributed by atoms with Crippen molar-refractivity contribution in [2.24, 2.45) is 0 Å². The number of hydrogen-bond acceptors (Lipinski definition) is 2. The van der Waals surface area contributed by atoms with Gasteiger partial charge in [-0.3, -0.25) is 0 Å². The van der Waals surface area contributed by atoms with Gasteiger partial charge in [0.05, 0.1) is 6.61 Å². The summed E-state index contributed by atoms with van der Waals surface area (Å²) >= 11 is 0. The lowest BCUT2D eigenvalue weighted by Gasteiger charge is -2.00. The van der Waals surface area contributed by atoms with Gasteiger partial charge in [-0.15, -0.1) is 0 Å². The van der Waals surface area contributed by atoms with E-state index in [2.05, 4.69) is 5.32 Å². The smallest absolute Gasteiger partial charge is 0.108 e. The summed E-state index contributed by atoms with van der Waals surface area (Å²) in [6, 6.07) is 0. The molecule has 0 atom stereocenters. The first-order chi connectivity index (χ1) is 3.81. The highest BCUT2D eigenvalue weighted by Crippen LogP contribution is 1.89. The van der Waals surface area contributed by atoms with Crippen LogP contribution in [0.5, 0.6) is 0 Å². The van der Waals surface area contributed by atoms with Crippen molar-refractivity contribution in [1.82, 2.24) is 5.32 Å². The van der Waals surface area contributed by atoms with Gasteiger partial charge in [-0.05, 0) is 13.8 Å². The molecule has 0 saturated carbocycles. The Balaban J connectivity index is 3.29. The molecule has 0 radical (unpaired) electrons. The lowest BCUT2D eigenvalue weighted by atomic mass is 10.6. The quantitative estimate of drug-likeness (QED) is 0.556. The summed E-state index contributed by atoms with van der Waals surface area (Å²) in [5.74, 6) is 0.926. The van der Waals surface area contributed by atoms with Crippen LogP contribution in [0.2, 0.25) is 0 Å². The molecule has 0 amide bonds. The van der Waals surface area contributed by atoms with E-state index in [0.717, 1.165) is 12.4 Å². The molecular formula is C6H13NO. The molecule has 48 valence electrons. The van der Waals surface area contributed by atoms with Crippen molar-refractivity contribution < 1.29 is 4.74 Å². The Morgan fingerprint density at radius 1 is 1.75 bits per heavy atom. The van der Waals surface area contributed by atoms with E-state index in [-0.39, 0.29) is 0 Å². The van der Waals surface area contributed by atoms with Crippen molar-refractivity contribution >= 4 is 0 Å². The minimum absolute atomic E-state index is 0.740. The molecule has 0 aromatic rings. The largest absolute Gasteiger partial charge is 0.497 e. The van der Waals surface area contributed by atoms with Gasteiger partial charge in [0.15, 0.2) is 0 Å². The number of rotatable bonds is 3. The van der Waals surface area contributed by atoms with Gasteiger partial charge in [0, 0.05) is 13.2 Å². The van der Waals surface area contributed by atoms with Crippen LogP contribution in [0.25, 0.3) is 0 Å². The zero-order chi connectivity index (χ0) is 6.41. The van der Waals surface area contributed by atoms with E-state index in [1.807, 2.05) is 27.1 Å². The van der Waals surface area contributed by atoms with Gasteiger partial charge in [0.1, 0.15) is 5.76 Å². The molecule has 2 nitrogen and oxygen atoms in total. The third-order valence-corrected chi connectivity index (χ3v) is 0.720. The summed E-state index contributed by atoms with van der Waals surface area (Å²) in [5, 5.41) is 2.87. The van der Waals surface area contributed by atoms with E-state index in [0.29, 0.717) is 0 Å². The van der Waals surface area contributed by atoms with E-state index in [4.69, 9.17) is 4.74 Å². The van der Waals surface area contributed by atoms with Gasteiger partial charge in [-0.25, -0.2) is 0 Å². The van der Waals surface area contributed by atoms with Crippen molar-refractivity contribution in [2.75, 3.05) is 13.7 Å². The minimum Gasteiger partial charge on any atom is -0.497 e. The summed E-state index contributed by atoms with van der Waals surface area (Å²) < 4.78 is 5.08. The Morgan fingerprint density at radius 3 is 2.75 bits per heavy atom. The van der Waals surface area contributed by atoms with Crippen LogP contribution in [0, 0.1) is 0 Å².